The predicted molar refractivity (Wildman–Crippen MR) is 54.8 cm³/mol. The van der Waals surface area contributed by atoms with Gasteiger partial charge in [0.1, 0.15) is 0 Å². The number of aliphatic carboxylic acids is 2. The highest BCUT2D eigenvalue weighted by molar-refractivity contribution is 5.78. The third-order valence-electron chi connectivity index (χ3n) is 1.84. The van der Waals surface area contributed by atoms with Crippen molar-refractivity contribution in [2.45, 2.75) is 26.2 Å². The second kappa shape index (κ2) is 6.80. The van der Waals surface area contributed by atoms with Crippen LogP contribution in [0.2, 0.25) is 0 Å². The predicted octanol–water partition coefficient (Wildman–Crippen LogP) is 0.319. The van der Waals surface area contributed by atoms with Gasteiger partial charge >= 0.3 is 11.9 Å². The fraction of sp³-hybridized carbons (Fsp3) is 0.667. The lowest BCUT2D eigenvalue weighted by atomic mass is 10.00. The van der Waals surface area contributed by atoms with E-state index in [-0.39, 0.29) is 6.42 Å². The lowest BCUT2D eigenvalue weighted by molar-refractivity contribution is -0.148. The third-order valence-corrected chi connectivity index (χ3v) is 1.84. The number of nitrogens with zero attached hydrogens (tertiary/aromatic N) is 1. The summed E-state index contributed by atoms with van der Waals surface area (Å²) in [5, 5.41) is 17.2. The van der Waals surface area contributed by atoms with Gasteiger partial charge in [0.15, 0.2) is 0 Å². The first-order chi connectivity index (χ1) is 6.93. The fourth-order valence-electron chi connectivity index (χ4n) is 1.12. The van der Waals surface area contributed by atoms with Crippen molar-refractivity contribution >= 4 is 17.8 Å². The van der Waals surface area contributed by atoms with E-state index in [9.17, 15) is 9.59 Å². The number of amidine groups is 1. The van der Waals surface area contributed by atoms with Crippen LogP contribution in [0.3, 0.4) is 0 Å². The number of nitrogens with two attached hydrogens (primary N) is 1. The van der Waals surface area contributed by atoms with Crippen LogP contribution >= 0.6 is 0 Å². The standard InChI is InChI=1S/C9H16N2O4/c1-6(10)11-4-2-3-7(9(14)15)5-8(12)13/h7H,2-5H2,1H3,(H2,10,11)(H,12,13)(H,14,15). The van der Waals surface area contributed by atoms with Gasteiger partial charge in [-0.05, 0) is 19.8 Å². The van der Waals surface area contributed by atoms with E-state index in [1.54, 1.807) is 6.92 Å². The van der Waals surface area contributed by atoms with Gasteiger partial charge in [-0.25, -0.2) is 0 Å². The maximum atomic E-state index is 10.6. The maximum absolute atomic E-state index is 10.6. The molecule has 0 aliphatic heterocycles. The topological polar surface area (TPSA) is 113 Å². The number of carboxylic acid groups (broad SMARTS) is 2. The summed E-state index contributed by atoms with van der Waals surface area (Å²) in [6.07, 6.45) is 0.484. The Morgan fingerprint density at radius 2 is 2.00 bits per heavy atom. The van der Waals surface area contributed by atoms with Crippen LogP contribution in [0.4, 0.5) is 0 Å². The van der Waals surface area contributed by atoms with Crippen molar-refractivity contribution in [2.24, 2.45) is 16.6 Å². The van der Waals surface area contributed by atoms with Gasteiger partial charge < -0.3 is 15.9 Å². The molecule has 0 aliphatic rings. The minimum absolute atomic E-state index is 0.304. The Morgan fingerprint density at radius 3 is 2.40 bits per heavy atom. The molecular weight excluding hydrogens is 200 g/mol. The van der Waals surface area contributed by atoms with Crippen LogP contribution in [-0.4, -0.2) is 34.5 Å². The molecule has 0 radical (unpaired) electrons. The normalized spacial score (nSPS) is 13.5. The summed E-state index contributed by atoms with van der Waals surface area (Å²) >= 11 is 0. The summed E-state index contributed by atoms with van der Waals surface area (Å²) in [5.74, 6) is -2.57. The molecule has 0 heterocycles. The zero-order valence-electron chi connectivity index (χ0n) is 8.64. The van der Waals surface area contributed by atoms with Crippen LogP contribution in [-0.2, 0) is 9.59 Å². The van der Waals surface area contributed by atoms with Gasteiger partial charge in [-0.3, -0.25) is 14.6 Å². The van der Waals surface area contributed by atoms with Crippen molar-refractivity contribution in [2.75, 3.05) is 6.54 Å². The molecule has 1 unspecified atom stereocenters. The quantitative estimate of drug-likeness (QED) is 0.322. The highest BCUT2D eigenvalue weighted by atomic mass is 16.4. The van der Waals surface area contributed by atoms with E-state index in [0.717, 1.165) is 0 Å². The van der Waals surface area contributed by atoms with Gasteiger partial charge in [-0.1, -0.05) is 0 Å². The Morgan fingerprint density at radius 1 is 1.40 bits per heavy atom. The monoisotopic (exact) mass is 216 g/mol. The summed E-state index contributed by atoms with van der Waals surface area (Å²) in [7, 11) is 0. The molecule has 15 heavy (non-hydrogen) atoms. The van der Waals surface area contributed by atoms with E-state index in [0.29, 0.717) is 25.2 Å². The van der Waals surface area contributed by atoms with Crippen LogP contribution in [0.15, 0.2) is 4.99 Å². The average molecular weight is 216 g/mol. The minimum atomic E-state index is -1.10. The lowest BCUT2D eigenvalue weighted by Crippen LogP contribution is -2.18. The van der Waals surface area contributed by atoms with E-state index < -0.39 is 17.9 Å². The first kappa shape index (κ1) is 13.4. The van der Waals surface area contributed by atoms with Crippen molar-refractivity contribution < 1.29 is 19.8 Å². The van der Waals surface area contributed by atoms with Crippen molar-refractivity contribution in [3.05, 3.63) is 0 Å². The number of carbonyl (C=O) groups is 2. The Hall–Kier alpha value is -1.59. The third kappa shape index (κ3) is 7.48. The van der Waals surface area contributed by atoms with Crippen molar-refractivity contribution in [1.82, 2.24) is 0 Å². The average Bonchev–Trinajstić information content (AvgIpc) is 2.08. The molecule has 0 saturated heterocycles. The summed E-state index contributed by atoms with van der Waals surface area (Å²) in [4.78, 5) is 24.9. The van der Waals surface area contributed by atoms with Gasteiger partial charge in [-0.2, -0.15) is 0 Å². The Kier molecular flexibility index (Phi) is 6.08. The SMILES string of the molecule is CC(N)=NCCCC(CC(=O)O)C(=O)O. The second-order valence-electron chi connectivity index (χ2n) is 3.30. The molecule has 0 saturated carbocycles. The smallest absolute Gasteiger partial charge is 0.307 e. The first-order valence-electron chi connectivity index (χ1n) is 4.64. The molecule has 6 heteroatoms. The van der Waals surface area contributed by atoms with E-state index in [1.165, 1.54) is 0 Å². The van der Waals surface area contributed by atoms with Gasteiger partial charge in [0.25, 0.3) is 0 Å². The summed E-state index contributed by atoms with van der Waals surface area (Å²) in [6.45, 7) is 2.08. The van der Waals surface area contributed by atoms with Crippen molar-refractivity contribution in [3.63, 3.8) is 0 Å². The first-order valence-corrected chi connectivity index (χ1v) is 4.64. The molecular formula is C9H16N2O4. The molecule has 0 bridgehead atoms. The van der Waals surface area contributed by atoms with E-state index in [4.69, 9.17) is 15.9 Å². The van der Waals surface area contributed by atoms with Crippen molar-refractivity contribution in [3.8, 4) is 0 Å². The summed E-state index contributed by atoms with van der Waals surface area (Å²) < 4.78 is 0. The molecule has 1 atom stereocenters. The molecule has 0 amide bonds. The molecule has 0 aromatic rings. The molecule has 4 N–H and O–H groups in total. The largest absolute Gasteiger partial charge is 0.481 e. The molecule has 6 nitrogen and oxygen atoms in total. The zero-order valence-corrected chi connectivity index (χ0v) is 8.64. The Labute approximate surface area is 87.8 Å². The van der Waals surface area contributed by atoms with E-state index in [2.05, 4.69) is 4.99 Å². The van der Waals surface area contributed by atoms with Gasteiger partial charge in [0.05, 0.1) is 18.2 Å². The molecule has 0 spiro atoms. The molecule has 0 aromatic heterocycles. The molecule has 0 rings (SSSR count). The van der Waals surface area contributed by atoms with Gasteiger partial charge in [0.2, 0.25) is 0 Å². The summed E-state index contributed by atoms with van der Waals surface area (Å²) in [6, 6.07) is 0. The van der Waals surface area contributed by atoms with Crippen LogP contribution in [0.25, 0.3) is 0 Å². The van der Waals surface area contributed by atoms with Crippen LogP contribution < -0.4 is 5.73 Å². The number of carboxylic acids is 2. The number of rotatable bonds is 7. The Bertz CT molecular complexity index is 259. The lowest BCUT2D eigenvalue weighted by Gasteiger charge is -2.07. The van der Waals surface area contributed by atoms with E-state index >= 15 is 0 Å². The van der Waals surface area contributed by atoms with Crippen molar-refractivity contribution in [1.29, 1.82) is 0 Å². The van der Waals surface area contributed by atoms with Gasteiger partial charge in [-0.15, -0.1) is 0 Å². The second-order valence-corrected chi connectivity index (χ2v) is 3.30. The molecule has 86 valence electrons. The maximum Gasteiger partial charge on any atom is 0.307 e. The summed E-state index contributed by atoms with van der Waals surface area (Å²) in [5.41, 5.74) is 5.29. The highest BCUT2D eigenvalue weighted by Gasteiger charge is 2.19. The van der Waals surface area contributed by atoms with E-state index in [1.807, 2.05) is 0 Å². The molecule has 0 aromatic carbocycles. The number of hydrogen-bond donors (Lipinski definition) is 3. The molecule has 0 aliphatic carbocycles. The van der Waals surface area contributed by atoms with Crippen LogP contribution in [0.5, 0.6) is 0 Å². The van der Waals surface area contributed by atoms with Crippen LogP contribution in [0, 0.1) is 5.92 Å². The number of aliphatic imine (C=N–C) groups is 1. The Balaban J connectivity index is 3.92. The number of hydrogen-bond acceptors (Lipinski definition) is 3. The minimum Gasteiger partial charge on any atom is -0.481 e. The van der Waals surface area contributed by atoms with Gasteiger partial charge in [0, 0.05) is 6.54 Å². The zero-order chi connectivity index (χ0) is 11.8. The van der Waals surface area contributed by atoms with Crippen LogP contribution in [0.1, 0.15) is 26.2 Å². The fourth-order valence-corrected chi connectivity index (χ4v) is 1.12. The highest BCUT2D eigenvalue weighted by Crippen LogP contribution is 2.11. The molecule has 0 fully saturated rings.